The number of carbonyl (C=O) groups excluding carboxylic acids is 4. The van der Waals surface area contributed by atoms with E-state index < -0.39 is 41.8 Å². The summed E-state index contributed by atoms with van der Waals surface area (Å²) < 4.78 is 5.49. The summed E-state index contributed by atoms with van der Waals surface area (Å²) in [5.41, 5.74) is 2.00. The molecular weight excluding hydrogens is 616 g/mol. The van der Waals surface area contributed by atoms with Gasteiger partial charge in [-0.1, -0.05) is 125 Å². The zero-order valence-electron chi connectivity index (χ0n) is 29.8. The van der Waals surface area contributed by atoms with E-state index >= 15 is 0 Å². The Bertz CT molecular complexity index is 1500. The van der Waals surface area contributed by atoms with Gasteiger partial charge in [0.25, 0.3) is 0 Å². The van der Waals surface area contributed by atoms with Crippen molar-refractivity contribution in [2.45, 2.75) is 104 Å². The van der Waals surface area contributed by atoms with Crippen molar-refractivity contribution in [2.75, 3.05) is 0 Å². The molecule has 1 saturated heterocycles. The van der Waals surface area contributed by atoms with E-state index in [-0.39, 0.29) is 29.7 Å². The van der Waals surface area contributed by atoms with Gasteiger partial charge in [-0.2, -0.15) is 0 Å². The van der Waals surface area contributed by atoms with E-state index in [1.165, 1.54) is 0 Å². The maximum atomic E-state index is 14.5. The maximum Gasteiger partial charge on any atom is 0.408 e. The molecule has 1 aliphatic heterocycles. The molecule has 1 heterocycles. The average Bonchev–Trinajstić information content (AvgIpc) is 3.53. The number of nitrogens with zero attached hydrogens (tertiary/aromatic N) is 1. The SMILES string of the molecule is CC[C@H](C)[C@H](NC(=O)[C@@H]1CC[C@H](c2ccccc2)N1C(=O)[C@@H](NC(=O)OC(C)(C)C)C(C)C)C(=O)NC(c1ccccc1)c1ccccc1. The summed E-state index contributed by atoms with van der Waals surface area (Å²) in [6.45, 7) is 12.9. The summed E-state index contributed by atoms with van der Waals surface area (Å²) in [4.78, 5) is 57.3. The summed E-state index contributed by atoms with van der Waals surface area (Å²) in [6, 6.07) is 25.6. The molecule has 0 aliphatic carbocycles. The first-order chi connectivity index (χ1) is 23.3. The van der Waals surface area contributed by atoms with E-state index in [4.69, 9.17) is 4.74 Å². The van der Waals surface area contributed by atoms with Gasteiger partial charge in [-0.05, 0) is 62.1 Å². The van der Waals surface area contributed by atoms with Gasteiger partial charge in [0, 0.05) is 0 Å². The van der Waals surface area contributed by atoms with Crippen molar-refractivity contribution in [3.8, 4) is 0 Å². The Hall–Kier alpha value is -4.66. The summed E-state index contributed by atoms with van der Waals surface area (Å²) in [5.74, 6) is -1.55. The van der Waals surface area contributed by atoms with Crippen molar-refractivity contribution in [2.24, 2.45) is 11.8 Å². The summed E-state index contributed by atoms with van der Waals surface area (Å²) in [7, 11) is 0. The Kier molecular flexibility index (Phi) is 12.6. The molecule has 0 spiro atoms. The van der Waals surface area contributed by atoms with E-state index in [1.54, 1.807) is 25.7 Å². The average molecular weight is 669 g/mol. The number of ether oxygens (including phenoxy) is 1. The molecule has 0 aromatic heterocycles. The lowest BCUT2D eigenvalue weighted by Gasteiger charge is -2.36. The van der Waals surface area contributed by atoms with E-state index in [9.17, 15) is 19.2 Å². The smallest absolute Gasteiger partial charge is 0.408 e. The molecule has 0 saturated carbocycles. The lowest BCUT2D eigenvalue weighted by Crippen LogP contribution is -2.59. The highest BCUT2D eigenvalue weighted by Gasteiger charge is 2.46. The zero-order chi connectivity index (χ0) is 35.7. The monoisotopic (exact) mass is 668 g/mol. The fourth-order valence-corrected chi connectivity index (χ4v) is 6.32. The molecule has 4 rings (SSSR count). The summed E-state index contributed by atoms with van der Waals surface area (Å²) in [5, 5.41) is 9.04. The standard InChI is InChI=1S/C40H52N4O5/c1-8-27(4)34(37(46)42-35(29-20-14-10-15-21-29)30-22-16-11-17-23-30)41-36(45)32-25-24-31(28-18-12-9-13-19-28)44(32)38(47)33(26(2)3)43-39(48)49-40(5,6)7/h9-23,26-27,31-35H,8,24-25H2,1-7H3,(H,41,45)(H,42,46)(H,43,48)/t27-,31+,32-,33-,34-/m0/s1. The first-order valence-electron chi connectivity index (χ1n) is 17.4. The van der Waals surface area contributed by atoms with Crippen LogP contribution in [0.15, 0.2) is 91.0 Å². The van der Waals surface area contributed by atoms with Crippen LogP contribution in [0, 0.1) is 11.8 Å². The second kappa shape index (κ2) is 16.6. The Morgan fingerprint density at radius 1 is 0.755 bits per heavy atom. The van der Waals surface area contributed by atoms with E-state index in [1.807, 2.05) is 119 Å². The molecule has 1 fully saturated rings. The largest absolute Gasteiger partial charge is 0.444 e. The number of benzene rings is 3. The van der Waals surface area contributed by atoms with Crippen LogP contribution in [0.2, 0.25) is 0 Å². The first-order valence-corrected chi connectivity index (χ1v) is 17.4. The highest BCUT2D eigenvalue weighted by Crippen LogP contribution is 2.37. The van der Waals surface area contributed by atoms with Gasteiger partial charge in [-0.15, -0.1) is 0 Å². The second-order valence-electron chi connectivity index (χ2n) is 14.3. The molecule has 5 atom stereocenters. The van der Waals surface area contributed by atoms with Crippen LogP contribution in [0.4, 0.5) is 4.79 Å². The predicted molar refractivity (Wildman–Crippen MR) is 191 cm³/mol. The van der Waals surface area contributed by atoms with Crippen molar-refractivity contribution in [1.29, 1.82) is 0 Å². The fraction of sp³-hybridized carbons (Fsp3) is 0.450. The molecule has 0 radical (unpaired) electrons. The van der Waals surface area contributed by atoms with Gasteiger partial charge in [-0.3, -0.25) is 14.4 Å². The molecule has 0 bridgehead atoms. The van der Waals surface area contributed by atoms with Crippen LogP contribution < -0.4 is 16.0 Å². The van der Waals surface area contributed by atoms with Crippen molar-refractivity contribution >= 4 is 23.8 Å². The van der Waals surface area contributed by atoms with Crippen molar-refractivity contribution in [3.05, 3.63) is 108 Å². The number of likely N-dealkylation sites (tertiary alicyclic amines) is 1. The van der Waals surface area contributed by atoms with Gasteiger partial charge in [0.2, 0.25) is 17.7 Å². The van der Waals surface area contributed by atoms with Crippen LogP contribution in [0.25, 0.3) is 0 Å². The number of amides is 4. The van der Waals surface area contributed by atoms with Crippen molar-refractivity contribution < 1.29 is 23.9 Å². The summed E-state index contributed by atoms with van der Waals surface area (Å²) >= 11 is 0. The number of nitrogens with one attached hydrogen (secondary N) is 3. The molecule has 3 N–H and O–H groups in total. The Labute approximate surface area is 291 Å². The number of hydrogen-bond acceptors (Lipinski definition) is 5. The molecule has 9 heteroatoms. The van der Waals surface area contributed by atoms with E-state index in [2.05, 4.69) is 16.0 Å². The van der Waals surface area contributed by atoms with Crippen molar-refractivity contribution in [3.63, 3.8) is 0 Å². The molecule has 9 nitrogen and oxygen atoms in total. The highest BCUT2D eigenvalue weighted by atomic mass is 16.6. The topological polar surface area (TPSA) is 117 Å². The Balaban J connectivity index is 1.63. The third kappa shape index (κ3) is 9.71. The first kappa shape index (κ1) is 37.2. The minimum Gasteiger partial charge on any atom is -0.444 e. The molecule has 262 valence electrons. The van der Waals surface area contributed by atoms with Gasteiger partial charge < -0.3 is 25.6 Å². The molecule has 0 unspecified atom stereocenters. The van der Waals surface area contributed by atoms with Crippen LogP contribution >= 0.6 is 0 Å². The third-order valence-electron chi connectivity index (χ3n) is 9.08. The van der Waals surface area contributed by atoms with Gasteiger partial charge in [0.1, 0.15) is 23.7 Å². The second-order valence-corrected chi connectivity index (χ2v) is 14.3. The van der Waals surface area contributed by atoms with E-state index in [0.717, 1.165) is 16.7 Å². The molecule has 4 amide bonds. The lowest BCUT2D eigenvalue weighted by molar-refractivity contribution is -0.144. The lowest BCUT2D eigenvalue weighted by atomic mass is 9.94. The number of hydrogen-bond donors (Lipinski definition) is 3. The third-order valence-corrected chi connectivity index (χ3v) is 9.08. The Morgan fingerprint density at radius 2 is 1.29 bits per heavy atom. The number of alkyl carbamates (subject to hydrolysis) is 1. The van der Waals surface area contributed by atoms with Gasteiger partial charge in [0.15, 0.2) is 0 Å². The highest BCUT2D eigenvalue weighted by molar-refractivity contribution is 5.95. The minimum absolute atomic E-state index is 0.191. The van der Waals surface area contributed by atoms with Crippen LogP contribution in [0.5, 0.6) is 0 Å². The molecule has 3 aromatic rings. The number of rotatable bonds is 12. The van der Waals surface area contributed by atoms with Crippen LogP contribution in [-0.2, 0) is 19.1 Å². The van der Waals surface area contributed by atoms with Gasteiger partial charge in [-0.25, -0.2) is 4.79 Å². The van der Waals surface area contributed by atoms with Crippen molar-refractivity contribution in [1.82, 2.24) is 20.9 Å². The minimum atomic E-state index is -0.930. The Morgan fingerprint density at radius 3 is 1.78 bits per heavy atom. The molecule has 1 aliphatic rings. The predicted octanol–water partition coefficient (Wildman–Crippen LogP) is 6.70. The van der Waals surface area contributed by atoms with Gasteiger partial charge >= 0.3 is 6.09 Å². The zero-order valence-corrected chi connectivity index (χ0v) is 29.8. The van der Waals surface area contributed by atoms with Crippen LogP contribution in [-0.4, -0.2) is 52.4 Å². The number of carbonyl (C=O) groups is 4. The van der Waals surface area contributed by atoms with Crippen LogP contribution in [0.1, 0.15) is 96.5 Å². The summed E-state index contributed by atoms with van der Waals surface area (Å²) in [6.07, 6.45) is 0.903. The quantitative estimate of drug-likeness (QED) is 0.199. The molecular formula is C40H52N4O5. The van der Waals surface area contributed by atoms with Crippen LogP contribution in [0.3, 0.4) is 0 Å². The fourth-order valence-electron chi connectivity index (χ4n) is 6.32. The van der Waals surface area contributed by atoms with E-state index in [0.29, 0.717) is 19.3 Å². The maximum absolute atomic E-state index is 14.5. The molecule has 3 aromatic carbocycles. The van der Waals surface area contributed by atoms with Gasteiger partial charge in [0.05, 0.1) is 12.1 Å². The normalized spacial score (nSPS) is 18.0. The molecule has 49 heavy (non-hydrogen) atoms.